The van der Waals surface area contributed by atoms with Crippen molar-refractivity contribution in [2.24, 2.45) is 0 Å². The Morgan fingerprint density at radius 2 is 1.81 bits per heavy atom. The van der Waals surface area contributed by atoms with Crippen LogP contribution in [0.15, 0.2) is 65.3 Å². The molecule has 0 bridgehead atoms. The van der Waals surface area contributed by atoms with Gasteiger partial charge in [0.05, 0.1) is 5.69 Å². The molecule has 1 heterocycles. The molecule has 0 spiro atoms. The van der Waals surface area contributed by atoms with Crippen LogP contribution in [0.1, 0.15) is 54.6 Å². The number of imidazole rings is 1. The van der Waals surface area contributed by atoms with E-state index in [4.69, 9.17) is 16.6 Å². The molecule has 166 valence electrons. The third-order valence-electron chi connectivity index (χ3n) is 5.77. The molecule has 2 N–H and O–H groups in total. The second-order valence-electron chi connectivity index (χ2n) is 8.19. The predicted octanol–water partition coefficient (Wildman–Crippen LogP) is 6.79. The number of carbonyl (C=O) groups is 1. The van der Waals surface area contributed by atoms with Crippen LogP contribution in [0.4, 0.5) is 0 Å². The average molecular weight is 467 g/mol. The predicted molar refractivity (Wildman–Crippen MR) is 131 cm³/mol. The lowest BCUT2D eigenvalue weighted by Crippen LogP contribution is -2.08. The Balaban J connectivity index is 1.66. The van der Waals surface area contributed by atoms with Crippen molar-refractivity contribution in [3.63, 3.8) is 0 Å². The maximum Gasteiger partial charge on any atom is 0.331 e. The van der Waals surface area contributed by atoms with Crippen LogP contribution in [-0.2, 0) is 17.6 Å². The number of rotatable bonds is 8. The standard InChI is InChI=1S/C26H27ClN2O2S/c27-22-14-8-7-11-19(22)16-23-24(29-26(28-23)32-21-12-5-2-6-13-21)17-20(25(30)31)15-18-9-3-1-4-10-18/h1,3-4,7-11,14,17,21H,2,5-6,12-13,15-16H2,(H,28,29)(H,30,31). The summed E-state index contributed by atoms with van der Waals surface area (Å²) in [6, 6.07) is 17.4. The van der Waals surface area contributed by atoms with Crippen molar-refractivity contribution in [1.82, 2.24) is 9.97 Å². The molecular formula is C26H27ClN2O2S. The molecule has 0 unspecified atom stereocenters. The van der Waals surface area contributed by atoms with E-state index in [1.165, 1.54) is 32.1 Å². The van der Waals surface area contributed by atoms with Gasteiger partial charge in [-0.05, 0) is 36.1 Å². The molecule has 6 heteroatoms. The van der Waals surface area contributed by atoms with Gasteiger partial charge in [0.25, 0.3) is 0 Å². The molecule has 1 aromatic heterocycles. The number of carboxylic acids is 1. The Morgan fingerprint density at radius 3 is 2.53 bits per heavy atom. The topological polar surface area (TPSA) is 66.0 Å². The first kappa shape index (κ1) is 22.7. The molecule has 32 heavy (non-hydrogen) atoms. The zero-order valence-electron chi connectivity index (χ0n) is 17.9. The number of carboxylic acid groups (broad SMARTS) is 1. The fourth-order valence-corrected chi connectivity index (χ4v) is 5.47. The lowest BCUT2D eigenvalue weighted by molar-refractivity contribution is -0.132. The van der Waals surface area contributed by atoms with Gasteiger partial charge in [-0.2, -0.15) is 0 Å². The van der Waals surface area contributed by atoms with Crippen LogP contribution in [0.3, 0.4) is 0 Å². The van der Waals surface area contributed by atoms with Crippen molar-refractivity contribution < 1.29 is 9.90 Å². The van der Waals surface area contributed by atoms with Crippen LogP contribution in [0.25, 0.3) is 6.08 Å². The van der Waals surface area contributed by atoms with Crippen LogP contribution < -0.4 is 0 Å². The zero-order chi connectivity index (χ0) is 22.3. The number of hydrogen-bond acceptors (Lipinski definition) is 3. The van der Waals surface area contributed by atoms with Crippen molar-refractivity contribution in [2.75, 3.05) is 0 Å². The molecule has 4 nitrogen and oxygen atoms in total. The molecular weight excluding hydrogens is 440 g/mol. The van der Waals surface area contributed by atoms with E-state index in [2.05, 4.69) is 4.98 Å². The normalized spacial score (nSPS) is 15.1. The van der Waals surface area contributed by atoms with E-state index in [1.54, 1.807) is 17.8 Å². The van der Waals surface area contributed by atoms with Crippen LogP contribution in [-0.4, -0.2) is 26.3 Å². The summed E-state index contributed by atoms with van der Waals surface area (Å²) in [5.41, 5.74) is 3.83. The Morgan fingerprint density at radius 1 is 1.09 bits per heavy atom. The monoisotopic (exact) mass is 466 g/mol. The molecule has 1 aliphatic rings. The Bertz CT molecular complexity index is 1090. The fourth-order valence-electron chi connectivity index (χ4n) is 4.05. The lowest BCUT2D eigenvalue weighted by atomic mass is 10.0. The van der Waals surface area contributed by atoms with Gasteiger partial charge >= 0.3 is 5.97 Å². The summed E-state index contributed by atoms with van der Waals surface area (Å²) in [7, 11) is 0. The van der Waals surface area contributed by atoms with Gasteiger partial charge in [-0.1, -0.05) is 91.2 Å². The summed E-state index contributed by atoms with van der Waals surface area (Å²) in [5.74, 6) is -0.929. The molecule has 0 atom stereocenters. The van der Waals surface area contributed by atoms with Gasteiger partial charge in [-0.3, -0.25) is 0 Å². The first-order valence-corrected chi connectivity index (χ1v) is 12.3. The number of nitrogens with one attached hydrogen (secondary N) is 1. The van der Waals surface area contributed by atoms with E-state index < -0.39 is 5.97 Å². The number of nitrogens with zero attached hydrogens (tertiary/aromatic N) is 1. The fraction of sp³-hybridized carbons (Fsp3) is 0.308. The number of aliphatic carboxylic acids is 1. The van der Waals surface area contributed by atoms with Gasteiger partial charge in [-0.15, -0.1) is 0 Å². The largest absolute Gasteiger partial charge is 0.478 e. The van der Waals surface area contributed by atoms with Crippen molar-refractivity contribution in [3.8, 4) is 0 Å². The first-order valence-electron chi connectivity index (χ1n) is 11.0. The maximum atomic E-state index is 12.0. The van der Waals surface area contributed by atoms with Gasteiger partial charge in [-0.25, -0.2) is 9.78 Å². The Kier molecular flexibility index (Phi) is 7.72. The van der Waals surface area contributed by atoms with Crippen molar-refractivity contribution in [2.45, 2.75) is 55.4 Å². The SMILES string of the molecule is O=C(O)C(=Cc1nc(SC2CCCCC2)[nH]c1Cc1ccccc1Cl)Cc1ccccc1. The Hall–Kier alpha value is -2.50. The van der Waals surface area contributed by atoms with Crippen LogP contribution in [0.2, 0.25) is 5.02 Å². The molecule has 0 radical (unpaired) electrons. The van der Waals surface area contributed by atoms with E-state index >= 15 is 0 Å². The zero-order valence-corrected chi connectivity index (χ0v) is 19.5. The number of hydrogen-bond donors (Lipinski definition) is 2. The summed E-state index contributed by atoms with van der Waals surface area (Å²) in [4.78, 5) is 20.3. The van der Waals surface area contributed by atoms with Gasteiger partial charge in [0, 0.05) is 34.4 Å². The second-order valence-corrected chi connectivity index (χ2v) is 9.89. The highest BCUT2D eigenvalue weighted by molar-refractivity contribution is 7.99. The van der Waals surface area contributed by atoms with E-state index in [0.717, 1.165) is 22.0 Å². The molecule has 1 saturated carbocycles. The maximum absolute atomic E-state index is 12.0. The number of aromatic amines is 1. The molecule has 2 aromatic carbocycles. The number of benzene rings is 2. The smallest absolute Gasteiger partial charge is 0.331 e. The summed E-state index contributed by atoms with van der Waals surface area (Å²) >= 11 is 8.18. The molecule has 0 amide bonds. The molecule has 3 aromatic rings. The number of thioether (sulfide) groups is 1. The molecule has 1 aliphatic carbocycles. The van der Waals surface area contributed by atoms with Crippen LogP contribution in [0, 0.1) is 0 Å². The summed E-state index contributed by atoms with van der Waals surface area (Å²) in [6.07, 6.45) is 8.86. The van der Waals surface area contributed by atoms with Crippen LogP contribution >= 0.6 is 23.4 Å². The lowest BCUT2D eigenvalue weighted by Gasteiger charge is -2.19. The number of H-pyrrole nitrogens is 1. The van der Waals surface area contributed by atoms with E-state index in [0.29, 0.717) is 34.4 Å². The molecule has 4 rings (SSSR count). The average Bonchev–Trinajstić information content (AvgIpc) is 3.16. The minimum atomic E-state index is -0.929. The van der Waals surface area contributed by atoms with Gasteiger partial charge < -0.3 is 10.1 Å². The van der Waals surface area contributed by atoms with Crippen molar-refractivity contribution >= 4 is 35.4 Å². The molecule has 1 fully saturated rings. The third-order valence-corrected chi connectivity index (χ3v) is 7.36. The summed E-state index contributed by atoms with van der Waals surface area (Å²) in [5, 5.41) is 12.0. The van der Waals surface area contributed by atoms with Gasteiger partial charge in [0.2, 0.25) is 0 Å². The number of aromatic nitrogens is 2. The minimum Gasteiger partial charge on any atom is -0.478 e. The van der Waals surface area contributed by atoms with E-state index in [1.807, 2.05) is 54.6 Å². The second kappa shape index (κ2) is 10.9. The van der Waals surface area contributed by atoms with Crippen molar-refractivity contribution in [3.05, 3.63) is 87.7 Å². The van der Waals surface area contributed by atoms with Crippen LogP contribution in [0.5, 0.6) is 0 Å². The highest BCUT2D eigenvalue weighted by Crippen LogP contribution is 2.33. The molecule has 0 aliphatic heterocycles. The number of halogens is 1. The quantitative estimate of drug-likeness (QED) is 0.358. The van der Waals surface area contributed by atoms with Crippen molar-refractivity contribution in [1.29, 1.82) is 0 Å². The van der Waals surface area contributed by atoms with Gasteiger partial charge in [0.1, 0.15) is 0 Å². The third kappa shape index (κ3) is 6.05. The molecule has 0 saturated heterocycles. The summed E-state index contributed by atoms with van der Waals surface area (Å²) in [6.45, 7) is 0. The van der Waals surface area contributed by atoms with E-state index in [-0.39, 0.29) is 0 Å². The summed E-state index contributed by atoms with van der Waals surface area (Å²) < 4.78 is 0. The minimum absolute atomic E-state index is 0.317. The van der Waals surface area contributed by atoms with Gasteiger partial charge in [0.15, 0.2) is 5.16 Å². The highest BCUT2D eigenvalue weighted by Gasteiger charge is 2.19. The highest BCUT2D eigenvalue weighted by atomic mass is 35.5. The Labute approximate surface area is 198 Å². The first-order chi connectivity index (χ1) is 15.6. The van der Waals surface area contributed by atoms with E-state index in [9.17, 15) is 9.90 Å².